The topological polar surface area (TPSA) is 113 Å². The first-order valence-electron chi connectivity index (χ1n) is 7.98. The summed E-state index contributed by atoms with van der Waals surface area (Å²) in [5.41, 5.74) is 6.64. The molecule has 0 aliphatic rings. The third-order valence-corrected chi connectivity index (χ3v) is 3.51. The number of anilines is 2. The minimum atomic E-state index is -0.955. The maximum atomic E-state index is 10.6. The van der Waals surface area contributed by atoms with Gasteiger partial charge in [-0.1, -0.05) is 30.3 Å². The highest BCUT2D eigenvalue weighted by Gasteiger charge is 2.09. The van der Waals surface area contributed by atoms with Crippen molar-refractivity contribution in [3.05, 3.63) is 48.2 Å². The van der Waals surface area contributed by atoms with Gasteiger partial charge in [0, 0.05) is 19.3 Å². The van der Waals surface area contributed by atoms with Gasteiger partial charge in [0.2, 0.25) is 5.95 Å². The number of aromatic nitrogens is 2. The van der Waals surface area contributed by atoms with Gasteiger partial charge < -0.3 is 21.5 Å². The summed E-state index contributed by atoms with van der Waals surface area (Å²) in [6.07, 6.45) is 3.72. The van der Waals surface area contributed by atoms with Crippen molar-refractivity contribution in [3.63, 3.8) is 0 Å². The molecule has 0 amide bonds. The summed E-state index contributed by atoms with van der Waals surface area (Å²) >= 11 is 0. The van der Waals surface area contributed by atoms with Crippen molar-refractivity contribution < 1.29 is 9.90 Å². The summed E-state index contributed by atoms with van der Waals surface area (Å²) in [6.45, 7) is 1.37. The van der Waals surface area contributed by atoms with Crippen molar-refractivity contribution in [1.29, 1.82) is 0 Å². The Morgan fingerprint density at radius 1 is 1.17 bits per heavy atom. The number of hydrogen-bond donors (Lipinski definition) is 4. The maximum Gasteiger partial charge on any atom is 0.320 e. The van der Waals surface area contributed by atoms with Crippen LogP contribution in [0.2, 0.25) is 0 Å². The zero-order valence-corrected chi connectivity index (χ0v) is 13.5. The first-order valence-corrected chi connectivity index (χ1v) is 7.98. The molecule has 1 aromatic carbocycles. The van der Waals surface area contributed by atoms with E-state index in [4.69, 9.17) is 10.8 Å². The lowest BCUT2D eigenvalue weighted by Crippen LogP contribution is -2.29. The van der Waals surface area contributed by atoms with Gasteiger partial charge in [-0.25, -0.2) is 4.98 Å². The number of carbonyl (C=O) groups is 1. The number of unbranched alkanes of at least 4 members (excludes halogenated alkanes) is 1. The molecule has 128 valence electrons. The van der Waals surface area contributed by atoms with Crippen LogP contribution in [0.1, 0.15) is 24.8 Å². The number of carboxylic acids is 1. The normalized spacial score (nSPS) is 11.7. The van der Waals surface area contributed by atoms with Crippen LogP contribution < -0.4 is 16.4 Å². The molecule has 0 aliphatic heterocycles. The first kappa shape index (κ1) is 17.7. The van der Waals surface area contributed by atoms with Crippen molar-refractivity contribution >= 4 is 17.7 Å². The third kappa shape index (κ3) is 6.21. The monoisotopic (exact) mass is 329 g/mol. The zero-order chi connectivity index (χ0) is 17.2. The predicted molar refractivity (Wildman–Crippen MR) is 93.8 cm³/mol. The Balaban J connectivity index is 1.71. The van der Waals surface area contributed by atoms with Crippen molar-refractivity contribution in [2.75, 3.05) is 17.2 Å². The van der Waals surface area contributed by atoms with E-state index in [1.54, 1.807) is 6.20 Å². The van der Waals surface area contributed by atoms with Gasteiger partial charge in [-0.15, -0.1) is 0 Å². The SMILES string of the molecule is NC(CCCCNc1nccc(NCc2ccccc2)n1)C(=O)O. The molecule has 1 unspecified atom stereocenters. The minimum absolute atomic E-state index is 0.469. The summed E-state index contributed by atoms with van der Waals surface area (Å²) in [5.74, 6) is 0.350. The van der Waals surface area contributed by atoms with Gasteiger partial charge in [0.15, 0.2) is 0 Å². The van der Waals surface area contributed by atoms with Gasteiger partial charge in [0.05, 0.1) is 0 Å². The number of carboxylic acid groups (broad SMARTS) is 1. The third-order valence-electron chi connectivity index (χ3n) is 3.51. The molecule has 7 nitrogen and oxygen atoms in total. The summed E-state index contributed by atoms with van der Waals surface area (Å²) in [5, 5.41) is 15.1. The Morgan fingerprint density at radius 3 is 2.71 bits per heavy atom. The number of nitrogens with one attached hydrogen (secondary N) is 2. The molecule has 7 heteroatoms. The van der Waals surface area contributed by atoms with Crippen LogP contribution in [0.4, 0.5) is 11.8 Å². The minimum Gasteiger partial charge on any atom is -0.480 e. The van der Waals surface area contributed by atoms with Crippen LogP contribution in [-0.2, 0) is 11.3 Å². The average molecular weight is 329 g/mol. The molecule has 0 bridgehead atoms. The fourth-order valence-electron chi connectivity index (χ4n) is 2.14. The molecule has 24 heavy (non-hydrogen) atoms. The second-order valence-corrected chi connectivity index (χ2v) is 5.47. The lowest BCUT2D eigenvalue weighted by atomic mass is 10.1. The van der Waals surface area contributed by atoms with Crippen LogP contribution in [0, 0.1) is 0 Å². The molecular formula is C17H23N5O2. The van der Waals surface area contributed by atoms with Gasteiger partial charge in [-0.3, -0.25) is 4.79 Å². The summed E-state index contributed by atoms with van der Waals surface area (Å²) in [6, 6.07) is 11.1. The largest absolute Gasteiger partial charge is 0.480 e. The van der Waals surface area contributed by atoms with Crippen molar-refractivity contribution in [1.82, 2.24) is 9.97 Å². The van der Waals surface area contributed by atoms with Gasteiger partial charge in [-0.2, -0.15) is 4.98 Å². The van der Waals surface area contributed by atoms with Gasteiger partial charge in [-0.05, 0) is 30.9 Å². The number of nitrogens with zero attached hydrogens (tertiary/aromatic N) is 2. The summed E-state index contributed by atoms with van der Waals surface area (Å²) in [4.78, 5) is 19.2. The van der Waals surface area contributed by atoms with Crippen LogP contribution in [0.25, 0.3) is 0 Å². The van der Waals surface area contributed by atoms with E-state index >= 15 is 0 Å². The zero-order valence-electron chi connectivity index (χ0n) is 13.5. The highest BCUT2D eigenvalue weighted by Crippen LogP contribution is 2.09. The van der Waals surface area contributed by atoms with Gasteiger partial charge in [0.1, 0.15) is 11.9 Å². The van der Waals surface area contributed by atoms with E-state index in [0.29, 0.717) is 25.5 Å². The number of hydrogen-bond acceptors (Lipinski definition) is 6. The molecule has 0 spiro atoms. The van der Waals surface area contributed by atoms with E-state index in [2.05, 4.69) is 32.7 Å². The highest BCUT2D eigenvalue weighted by molar-refractivity contribution is 5.72. The van der Waals surface area contributed by atoms with Crippen molar-refractivity contribution in [3.8, 4) is 0 Å². The Kier molecular flexibility index (Phi) is 6.97. The molecule has 5 N–H and O–H groups in total. The molecule has 1 atom stereocenters. The lowest BCUT2D eigenvalue weighted by Gasteiger charge is -2.09. The summed E-state index contributed by atoms with van der Waals surface area (Å²) < 4.78 is 0. The van der Waals surface area contributed by atoms with Crippen LogP contribution in [0.3, 0.4) is 0 Å². The molecule has 1 aromatic heterocycles. The Hall–Kier alpha value is -2.67. The molecule has 0 saturated carbocycles. The van der Waals surface area contributed by atoms with Crippen molar-refractivity contribution in [2.24, 2.45) is 5.73 Å². The molecule has 1 heterocycles. The predicted octanol–water partition coefficient (Wildman–Crippen LogP) is 2.08. The van der Waals surface area contributed by atoms with Crippen LogP contribution in [0.5, 0.6) is 0 Å². The Morgan fingerprint density at radius 2 is 1.96 bits per heavy atom. The fraction of sp³-hybridized carbons (Fsp3) is 0.353. The van der Waals surface area contributed by atoms with E-state index in [1.165, 1.54) is 5.56 Å². The molecule has 2 aromatic rings. The van der Waals surface area contributed by atoms with Crippen LogP contribution >= 0.6 is 0 Å². The molecular weight excluding hydrogens is 306 g/mol. The quantitative estimate of drug-likeness (QED) is 0.494. The number of benzene rings is 1. The Labute approximate surface area is 141 Å². The standard InChI is InChI=1S/C17H23N5O2/c18-14(16(23)24)8-4-5-10-19-17-20-11-9-15(22-17)21-12-13-6-2-1-3-7-13/h1-3,6-7,9,11,14H,4-5,8,10,12,18H2,(H,23,24)(H2,19,20,21,22). The Bertz CT molecular complexity index is 636. The maximum absolute atomic E-state index is 10.6. The number of rotatable bonds is 10. The second kappa shape index (κ2) is 9.46. The van der Waals surface area contributed by atoms with E-state index in [-0.39, 0.29) is 0 Å². The fourth-order valence-corrected chi connectivity index (χ4v) is 2.14. The first-order chi connectivity index (χ1) is 11.6. The number of nitrogens with two attached hydrogens (primary N) is 1. The highest BCUT2D eigenvalue weighted by atomic mass is 16.4. The molecule has 0 saturated heterocycles. The second-order valence-electron chi connectivity index (χ2n) is 5.47. The van der Waals surface area contributed by atoms with Crippen molar-refractivity contribution in [2.45, 2.75) is 31.8 Å². The van der Waals surface area contributed by atoms with E-state index in [9.17, 15) is 4.79 Å². The van der Waals surface area contributed by atoms with Crippen LogP contribution in [-0.4, -0.2) is 33.6 Å². The smallest absolute Gasteiger partial charge is 0.320 e. The molecule has 0 fully saturated rings. The lowest BCUT2D eigenvalue weighted by molar-refractivity contribution is -0.138. The average Bonchev–Trinajstić information content (AvgIpc) is 2.60. The molecule has 0 radical (unpaired) electrons. The molecule has 0 aliphatic carbocycles. The van der Waals surface area contributed by atoms with E-state index in [1.807, 2.05) is 24.3 Å². The van der Waals surface area contributed by atoms with E-state index in [0.717, 1.165) is 18.7 Å². The van der Waals surface area contributed by atoms with Gasteiger partial charge in [0.25, 0.3) is 0 Å². The van der Waals surface area contributed by atoms with E-state index < -0.39 is 12.0 Å². The number of aliphatic carboxylic acids is 1. The molecule has 2 rings (SSSR count). The summed E-state index contributed by atoms with van der Waals surface area (Å²) in [7, 11) is 0. The van der Waals surface area contributed by atoms with Gasteiger partial charge >= 0.3 is 5.97 Å². The van der Waals surface area contributed by atoms with Crippen LogP contribution in [0.15, 0.2) is 42.6 Å².